The molecule has 1 aromatic carbocycles. The molecule has 0 aliphatic carbocycles. The van der Waals surface area contributed by atoms with E-state index in [9.17, 15) is 9.59 Å². The van der Waals surface area contributed by atoms with E-state index in [0.29, 0.717) is 36.7 Å². The van der Waals surface area contributed by atoms with Crippen molar-refractivity contribution in [3.05, 3.63) is 52.4 Å². The lowest BCUT2D eigenvalue weighted by Crippen LogP contribution is -2.34. The van der Waals surface area contributed by atoms with Crippen LogP contribution in [-0.4, -0.2) is 41.8 Å². The molecule has 1 aliphatic heterocycles. The number of urea groups is 1. The number of hydrogen-bond donors (Lipinski definition) is 1. The fourth-order valence-corrected chi connectivity index (χ4v) is 2.95. The molecule has 3 rings (SSSR count). The van der Waals surface area contributed by atoms with Crippen molar-refractivity contribution in [1.82, 2.24) is 9.47 Å². The van der Waals surface area contributed by atoms with Gasteiger partial charge in [0.05, 0.1) is 19.3 Å². The average molecular weight is 357 g/mol. The number of amides is 2. The van der Waals surface area contributed by atoms with Crippen molar-refractivity contribution in [3.8, 4) is 11.5 Å². The Bertz CT molecular complexity index is 862. The molecule has 1 unspecified atom stereocenters. The molecule has 1 atom stereocenters. The van der Waals surface area contributed by atoms with Crippen molar-refractivity contribution in [1.29, 1.82) is 0 Å². The molecule has 1 aliphatic rings. The molecule has 2 heterocycles. The van der Waals surface area contributed by atoms with Gasteiger partial charge in [0.2, 0.25) is 0 Å². The first-order valence-electron chi connectivity index (χ1n) is 8.51. The lowest BCUT2D eigenvalue weighted by molar-refractivity contribution is 0.194. The number of anilines is 1. The van der Waals surface area contributed by atoms with Gasteiger partial charge in [-0.2, -0.15) is 0 Å². The summed E-state index contributed by atoms with van der Waals surface area (Å²) in [6.45, 7) is 2.92. The number of para-hydroxylation sites is 2. The molecule has 1 N–H and O–H groups in total. The van der Waals surface area contributed by atoms with E-state index in [4.69, 9.17) is 9.47 Å². The van der Waals surface area contributed by atoms with Crippen LogP contribution < -0.4 is 20.3 Å². The number of nitrogens with one attached hydrogen (secondary N) is 1. The summed E-state index contributed by atoms with van der Waals surface area (Å²) in [7, 11) is 3.29. The zero-order chi connectivity index (χ0) is 18.7. The van der Waals surface area contributed by atoms with Gasteiger partial charge in [0, 0.05) is 31.8 Å². The van der Waals surface area contributed by atoms with Crippen LogP contribution in [0.25, 0.3) is 0 Å². The molecule has 7 nitrogen and oxygen atoms in total. The zero-order valence-corrected chi connectivity index (χ0v) is 15.2. The summed E-state index contributed by atoms with van der Waals surface area (Å²) in [5, 5.41) is 2.87. The van der Waals surface area contributed by atoms with Gasteiger partial charge in [-0.3, -0.25) is 4.79 Å². The van der Waals surface area contributed by atoms with Gasteiger partial charge >= 0.3 is 6.03 Å². The lowest BCUT2D eigenvalue weighted by Gasteiger charge is -2.19. The van der Waals surface area contributed by atoms with Crippen LogP contribution in [0.1, 0.15) is 12.1 Å². The van der Waals surface area contributed by atoms with Crippen LogP contribution in [0.2, 0.25) is 0 Å². The van der Waals surface area contributed by atoms with Crippen LogP contribution >= 0.6 is 0 Å². The third-order valence-electron chi connectivity index (χ3n) is 4.56. The molecule has 1 saturated heterocycles. The van der Waals surface area contributed by atoms with Crippen LogP contribution in [0.4, 0.5) is 10.5 Å². The van der Waals surface area contributed by atoms with E-state index in [-0.39, 0.29) is 17.7 Å². The van der Waals surface area contributed by atoms with Gasteiger partial charge in [0.25, 0.3) is 5.56 Å². The summed E-state index contributed by atoms with van der Waals surface area (Å²) >= 11 is 0. The maximum Gasteiger partial charge on any atom is 0.322 e. The quantitative estimate of drug-likeness (QED) is 0.912. The molecule has 1 aromatic heterocycles. The fraction of sp³-hybridized carbons (Fsp3) is 0.368. The summed E-state index contributed by atoms with van der Waals surface area (Å²) in [6.07, 6.45) is 0.582. The molecular weight excluding hydrogens is 334 g/mol. The molecule has 2 aromatic rings. The second kappa shape index (κ2) is 7.51. The lowest BCUT2D eigenvalue weighted by atomic mass is 10.3. The Morgan fingerprint density at radius 1 is 1.27 bits per heavy atom. The third-order valence-corrected chi connectivity index (χ3v) is 4.56. The molecule has 0 saturated carbocycles. The fourth-order valence-electron chi connectivity index (χ4n) is 2.95. The van der Waals surface area contributed by atoms with Crippen molar-refractivity contribution < 1.29 is 14.3 Å². The van der Waals surface area contributed by atoms with Crippen molar-refractivity contribution in [2.75, 3.05) is 25.5 Å². The summed E-state index contributed by atoms with van der Waals surface area (Å²) in [4.78, 5) is 26.1. The van der Waals surface area contributed by atoms with Crippen molar-refractivity contribution in [3.63, 3.8) is 0 Å². The summed E-state index contributed by atoms with van der Waals surface area (Å²) in [6, 6.07) is 10.4. The van der Waals surface area contributed by atoms with E-state index < -0.39 is 0 Å². The molecule has 0 spiro atoms. The number of benzene rings is 1. The minimum absolute atomic E-state index is 0.108. The second-order valence-electron chi connectivity index (χ2n) is 6.33. The number of pyridine rings is 1. The summed E-state index contributed by atoms with van der Waals surface area (Å²) < 4.78 is 12.7. The number of rotatable bonds is 4. The molecule has 7 heteroatoms. The second-order valence-corrected chi connectivity index (χ2v) is 6.33. The van der Waals surface area contributed by atoms with Gasteiger partial charge in [-0.15, -0.1) is 0 Å². The average Bonchev–Trinajstić information content (AvgIpc) is 3.08. The normalized spacial score (nSPS) is 16.4. The van der Waals surface area contributed by atoms with E-state index in [1.54, 1.807) is 35.8 Å². The first kappa shape index (κ1) is 17.8. The smallest absolute Gasteiger partial charge is 0.322 e. The highest BCUT2D eigenvalue weighted by Gasteiger charge is 2.28. The van der Waals surface area contributed by atoms with Gasteiger partial charge in [-0.25, -0.2) is 4.79 Å². The Kier molecular flexibility index (Phi) is 5.16. The minimum atomic E-state index is -0.194. The summed E-state index contributed by atoms with van der Waals surface area (Å²) in [5.41, 5.74) is 1.35. The number of ether oxygens (including phenoxy) is 2. The molecule has 0 radical (unpaired) electrons. The van der Waals surface area contributed by atoms with Crippen LogP contribution in [-0.2, 0) is 7.05 Å². The number of likely N-dealkylation sites (tertiary alicyclic amines) is 1. The number of aryl methyl sites for hydroxylation is 1. The SMILES string of the molecule is COc1ccccc1NC(=O)N1CCC(Oc2cc(C)n(C)c(=O)c2)C1. The van der Waals surface area contributed by atoms with Crippen LogP contribution in [0.3, 0.4) is 0 Å². The number of hydrogen-bond acceptors (Lipinski definition) is 4. The van der Waals surface area contributed by atoms with Crippen molar-refractivity contribution in [2.24, 2.45) is 7.05 Å². The molecule has 2 amide bonds. The molecule has 138 valence electrons. The highest BCUT2D eigenvalue weighted by Crippen LogP contribution is 2.24. The predicted octanol–water partition coefficient (Wildman–Crippen LogP) is 2.39. The Labute approximate surface area is 152 Å². The predicted molar refractivity (Wildman–Crippen MR) is 99.0 cm³/mol. The van der Waals surface area contributed by atoms with E-state index >= 15 is 0 Å². The van der Waals surface area contributed by atoms with Gasteiger partial charge in [-0.1, -0.05) is 12.1 Å². The maximum absolute atomic E-state index is 12.5. The number of aromatic nitrogens is 1. The highest BCUT2D eigenvalue weighted by molar-refractivity contribution is 5.91. The van der Waals surface area contributed by atoms with E-state index in [1.807, 2.05) is 25.1 Å². The van der Waals surface area contributed by atoms with Gasteiger partial charge in [0.1, 0.15) is 17.6 Å². The first-order chi connectivity index (χ1) is 12.5. The third kappa shape index (κ3) is 3.82. The minimum Gasteiger partial charge on any atom is -0.495 e. The van der Waals surface area contributed by atoms with Crippen LogP contribution in [0.5, 0.6) is 11.5 Å². The van der Waals surface area contributed by atoms with Crippen LogP contribution in [0, 0.1) is 6.92 Å². The number of carbonyl (C=O) groups is 1. The molecular formula is C19H23N3O4. The Morgan fingerprint density at radius 2 is 2.04 bits per heavy atom. The van der Waals surface area contributed by atoms with E-state index in [0.717, 1.165) is 5.69 Å². The molecule has 1 fully saturated rings. The zero-order valence-electron chi connectivity index (χ0n) is 15.2. The maximum atomic E-state index is 12.5. The van der Waals surface area contributed by atoms with Crippen LogP contribution in [0.15, 0.2) is 41.2 Å². The van der Waals surface area contributed by atoms with Crippen molar-refractivity contribution in [2.45, 2.75) is 19.4 Å². The Hall–Kier alpha value is -2.96. The monoisotopic (exact) mass is 357 g/mol. The van der Waals surface area contributed by atoms with Crippen molar-refractivity contribution >= 4 is 11.7 Å². The van der Waals surface area contributed by atoms with E-state index in [1.165, 1.54) is 6.07 Å². The van der Waals surface area contributed by atoms with Gasteiger partial charge in [0.15, 0.2) is 0 Å². The number of methoxy groups -OCH3 is 1. The highest BCUT2D eigenvalue weighted by atomic mass is 16.5. The standard InChI is InChI=1S/C19H23N3O4/c1-13-10-15(11-18(23)21(13)2)26-14-8-9-22(12-14)19(24)20-16-6-4-5-7-17(16)25-3/h4-7,10-11,14H,8-9,12H2,1-3H3,(H,20,24). The first-order valence-corrected chi connectivity index (χ1v) is 8.51. The Morgan fingerprint density at radius 3 is 2.77 bits per heavy atom. The van der Waals surface area contributed by atoms with Gasteiger partial charge < -0.3 is 24.3 Å². The number of nitrogens with zero attached hydrogens (tertiary/aromatic N) is 2. The van der Waals surface area contributed by atoms with E-state index in [2.05, 4.69) is 5.32 Å². The van der Waals surface area contributed by atoms with Gasteiger partial charge in [-0.05, 0) is 25.1 Å². The molecule has 26 heavy (non-hydrogen) atoms. The summed E-state index contributed by atoms with van der Waals surface area (Å²) in [5.74, 6) is 1.16. The topological polar surface area (TPSA) is 72.8 Å². The number of carbonyl (C=O) groups excluding carboxylic acids is 1. The molecule has 0 bridgehead atoms. The Balaban J connectivity index is 1.61. The largest absolute Gasteiger partial charge is 0.495 e.